The molecule has 2 aliphatic heterocycles. The van der Waals surface area contributed by atoms with Gasteiger partial charge in [-0.15, -0.1) is 23.7 Å². The molecule has 1 saturated heterocycles. The summed E-state index contributed by atoms with van der Waals surface area (Å²) in [6.07, 6.45) is 2.38. The molecule has 2 aliphatic rings. The Hall–Kier alpha value is -1.82. The Morgan fingerprint density at radius 1 is 1.27 bits per heavy atom. The van der Waals surface area contributed by atoms with Crippen LogP contribution in [0.2, 0.25) is 0 Å². The maximum Gasteiger partial charge on any atom is 0.309 e. The zero-order chi connectivity index (χ0) is 17.2. The number of nitrogens with one attached hydrogen (secondary N) is 1. The maximum absolute atomic E-state index is 11.7. The molecular weight excluding hydrogens is 370 g/mol. The van der Waals surface area contributed by atoms with Gasteiger partial charge in [0.1, 0.15) is 12.4 Å². The standard InChI is InChI=1S/C20H21NO3S.ClH/c1-23-18(22)11-13-2-3-17-16(10-13)19(14-4-7-21-8-5-14)20-15(12-24-17)6-9-25-20;/h2-3,6,9-10,21H,4-5,7-8,11-12H2,1H3;1H. The number of esters is 1. The van der Waals surface area contributed by atoms with Gasteiger partial charge in [0.25, 0.3) is 0 Å². The molecule has 0 atom stereocenters. The summed E-state index contributed by atoms with van der Waals surface area (Å²) in [6, 6.07) is 8.21. The van der Waals surface area contributed by atoms with Gasteiger partial charge >= 0.3 is 5.97 Å². The second-order valence-electron chi connectivity index (χ2n) is 6.38. The highest BCUT2D eigenvalue weighted by molar-refractivity contribution is 7.11. The Morgan fingerprint density at radius 2 is 2.08 bits per heavy atom. The summed E-state index contributed by atoms with van der Waals surface area (Å²) in [7, 11) is 1.43. The summed E-state index contributed by atoms with van der Waals surface area (Å²) in [6.45, 7) is 2.62. The van der Waals surface area contributed by atoms with Crippen LogP contribution in [0, 0.1) is 0 Å². The van der Waals surface area contributed by atoms with Gasteiger partial charge in [0.15, 0.2) is 0 Å². The van der Waals surface area contributed by atoms with Crippen molar-refractivity contribution in [2.45, 2.75) is 25.9 Å². The molecule has 0 radical (unpaired) electrons. The zero-order valence-electron chi connectivity index (χ0n) is 14.7. The number of ether oxygens (including phenoxy) is 2. The third-order valence-electron chi connectivity index (χ3n) is 4.81. The van der Waals surface area contributed by atoms with E-state index in [1.165, 1.54) is 28.7 Å². The van der Waals surface area contributed by atoms with E-state index in [9.17, 15) is 4.79 Å². The number of benzene rings is 1. The lowest BCUT2D eigenvalue weighted by atomic mass is 9.90. The van der Waals surface area contributed by atoms with Crippen LogP contribution in [0.15, 0.2) is 35.2 Å². The Morgan fingerprint density at radius 3 is 2.85 bits per heavy atom. The molecule has 0 amide bonds. The van der Waals surface area contributed by atoms with Gasteiger partial charge in [0.05, 0.1) is 13.5 Å². The first-order chi connectivity index (χ1) is 12.3. The summed E-state index contributed by atoms with van der Waals surface area (Å²) in [5.74, 6) is 0.681. The van der Waals surface area contributed by atoms with Crippen LogP contribution in [0.1, 0.15) is 34.4 Å². The number of hydrogen-bond donors (Lipinski definition) is 1. The van der Waals surface area contributed by atoms with Crippen LogP contribution in [0.4, 0.5) is 0 Å². The molecule has 4 rings (SSSR count). The monoisotopic (exact) mass is 391 g/mol. The Balaban J connectivity index is 0.00000196. The third-order valence-corrected chi connectivity index (χ3v) is 5.78. The van der Waals surface area contributed by atoms with E-state index in [1.54, 1.807) is 11.3 Å². The average Bonchev–Trinajstić information content (AvgIpc) is 3.04. The molecule has 0 unspecified atom stereocenters. The molecular formula is C20H22ClNO3S. The lowest BCUT2D eigenvalue weighted by Gasteiger charge is -2.21. The van der Waals surface area contributed by atoms with Crippen LogP contribution in [-0.2, 0) is 22.6 Å². The highest BCUT2D eigenvalue weighted by Crippen LogP contribution is 2.43. The van der Waals surface area contributed by atoms with Crippen molar-refractivity contribution in [1.82, 2.24) is 5.32 Å². The van der Waals surface area contributed by atoms with E-state index in [-0.39, 0.29) is 24.8 Å². The summed E-state index contributed by atoms with van der Waals surface area (Å²) in [5.41, 5.74) is 6.10. The summed E-state index contributed by atoms with van der Waals surface area (Å²) >= 11 is 1.78. The van der Waals surface area contributed by atoms with E-state index in [0.717, 1.165) is 42.8 Å². The fourth-order valence-electron chi connectivity index (χ4n) is 3.52. The van der Waals surface area contributed by atoms with Crippen molar-refractivity contribution < 1.29 is 14.3 Å². The number of carbonyl (C=O) groups is 1. The molecule has 4 nitrogen and oxygen atoms in total. The number of rotatable bonds is 2. The molecule has 0 saturated carbocycles. The van der Waals surface area contributed by atoms with Gasteiger partial charge in [0.2, 0.25) is 0 Å². The quantitative estimate of drug-likeness (QED) is 0.787. The van der Waals surface area contributed by atoms with Gasteiger partial charge < -0.3 is 14.8 Å². The van der Waals surface area contributed by atoms with Gasteiger partial charge in [-0.2, -0.15) is 0 Å². The SMILES string of the molecule is COC(=O)Cc1ccc2c(c1)C(=C1CCNCC1)c1sccc1CO2.Cl. The second kappa shape index (κ2) is 8.25. The van der Waals surface area contributed by atoms with E-state index in [2.05, 4.69) is 22.8 Å². The molecule has 3 heterocycles. The lowest BCUT2D eigenvalue weighted by Crippen LogP contribution is -2.23. The first-order valence-corrected chi connectivity index (χ1v) is 9.46. The minimum absolute atomic E-state index is 0. The first-order valence-electron chi connectivity index (χ1n) is 8.58. The van der Waals surface area contributed by atoms with Crippen LogP contribution >= 0.6 is 23.7 Å². The normalized spacial score (nSPS) is 15.9. The average molecular weight is 392 g/mol. The van der Waals surface area contributed by atoms with Crippen molar-refractivity contribution in [2.75, 3.05) is 20.2 Å². The van der Waals surface area contributed by atoms with Crippen LogP contribution in [0.25, 0.3) is 5.57 Å². The van der Waals surface area contributed by atoms with Crippen LogP contribution < -0.4 is 10.1 Å². The third kappa shape index (κ3) is 3.65. The zero-order valence-corrected chi connectivity index (χ0v) is 16.3. The molecule has 2 aromatic rings. The number of piperidine rings is 1. The Kier molecular flexibility index (Phi) is 6.01. The molecule has 0 aliphatic carbocycles. The van der Waals surface area contributed by atoms with Gasteiger partial charge in [-0.25, -0.2) is 0 Å². The first kappa shape index (κ1) is 19.0. The largest absolute Gasteiger partial charge is 0.488 e. The van der Waals surface area contributed by atoms with Gasteiger partial charge in [-0.3, -0.25) is 4.79 Å². The number of methoxy groups -OCH3 is 1. The predicted molar refractivity (Wildman–Crippen MR) is 106 cm³/mol. The molecule has 26 heavy (non-hydrogen) atoms. The number of thiophene rings is 1. The van der Waals surface area contributed by atoms with E-state index in [4.69, 9.17) is 9.47 Å². The summed E-state index contributed by atoms with van der Waals surface area (Å²) in [4.78, 5) is 13.0. The molecule has 138 valence electrons. The Labute approximate surface area is 163 Å². The van der Waals surface area contributed by atoms with E-state index in [1.807, 2.05) is 12.1 Å². The number of hydrogen-bond acceptors (Lipinski definition) is 5. The van der Waals surface area contributed by atoms with Gasteiger partial charge in [0, 0.05) is 21.6 Å². The van der Waals surface area contributed by atoms with Crippen molar-refractivity contribution in [2.24, 2.45) is 0 Å². The Bertz CT molecular complexity index is 835. The molecule has 0 spiro atoms. The van der Waals surface area contributed by atoms with E-state index < -0.39 is 0 Å². The minimum Gasteiger partial charge on any atom is -0.488 e. The van der Waals surface area contributed by atoms with Gasteiger partial charge in [-0.1, -0.05) is 11.6 Å². The van der Waals surface area contributed by atoms with Crippen LogP contribution in [-0.4, -0.2) is 26.2 Å². The van der Waals surface area contributed by atoms with Crippen molar-refractivity contribution in [3.63, 3.8) is 0 Å². The number of carbonyl (C=O) groups excluding carboxylic acids is 1. The molecule has 1 aromatic carbocycles. The van der Waals surface area contributed by atoms with Gasteiger partial charge in [-0.05, 0) is 55.1 Å². The lowest BCUT2D eigenvalue weighted by molar-refractivity contribution is -0.139. The molecule has 1 fully saturated rings. The minimum atomic E-state index is -0.220. The fraction of sp³-hybridized carbons (Fsp3) is 0.350. The van der Waals surface area contributed by atoms with E-state index >= 15 is 0 Å². The summed E-state index contributed by atoms with van der Waals surface area (Å²) < 4.78 is 10.9. The van der Waals surface area contributed by atoms with Crippen molar-refractivity contribution in [3.05, 3.63) is 56.8 Å². The fourth-order valence-corrected chi connectivity index (χ4v) is 4.54. The second-order valence-corrected chi connectivity index (χ2v) is 7.29. The number of fused-ring (bicyclic) bond motifs is 2. The molecule has 6 heteroatoms. The van der Waals surface area contributed by atoms with Crippen molar-refractivity contribution in [3.8, 4) is 5.75 Å². The highest BCUT2D eigenvalue weighted by atomic mass is 35.5. The molecule has 1 aromatic heterocycles. The van der Waals surface area contributed by atoms with Crippen molar-refractivity contribution >= 4 is 35.3 Å². The smallest absolute Gasteiger partial charge is 0.309 e. The molecule has 0 bridgehead atoms. The molecule has 1 N–H and O–H groups in total. The van der Waals surface area contributed by atoms with E-state index in [0.29, 0.717) is 6.61 Å². The van der Waals surface area contributed by atoms with Crippen molar-refractivity contribution in [1.29, 1.82) is 0 Å². The highest BCUT2D eigenvalue weighted by Gasteiger charge is 2.24. The maximum atomic E-state index is 11.7. The number of halogens is 1. The topological polar surface area (TPSA) is 47.6 Å². The van der Waals surface area contributed by atoms with Crippen LogP contribution in [0.3, 0.4) is 0 Å². The van der Waals surface area contributed by atoms with Crippen LogP contribution in [0.5, 0.6) is 5.75 Å². The predicted octanol–water partition coefficient (Wildman–Crippen LogP) is 3.96. The summed E-state index contributed by atoms with van der Waals surface area (Å²) in [5, 5.41) is 5.57.